The molecule has 0 aromatic heterocycles. The molecule has 1 fully saturated rings. The van der Waals surface area contributed by atoms with Gasteiger partial charge in [-0.05, 0) is 20.8 Å². The Morgan fingerprint density at radius 2 is 1.90 bits per heavy atom. The van der Waals surface area contributed by atoms with Gasteiger partial charge in [0, 0.05) is 5.92 Å². The van der Waals surface area contributed by atoms with E-state index in [0.717, 1.165) is 0 Å². The third-order valence-electron chi connectivity index (χ3n) is 2.19. The SMILES string of the molecule is CC1OC(C)(C)C(=O)C1C. The van der Waals surface area contributed by atoms with E-state index in [9.17, 15) is 4.79 Å². The molecule has 10 heavy (non-hydrogen) atoms. The van der Waals surface area contributed by atoms with Crippen molar-refractivity contribution in [3.63, 3.8) is 0 Å². The van der Waals surface area contributed by atoms with Gasteiger partial charge in [0.25, 0.3) is 0 Å². The quantitative estimate of drug-likeness (QED) is 0.511. The summed E-state index contributed by atoms with van der Waals surface area (Å²) < 4.78 is 5.42. The highest BCUT2D eigenvalue weighted by molar-refractivity contribution is 5.90. The lowest BCUT2D eigenvalue weighted by Crippen LogP contribution is -2.28. The average molecular weight is 142 g/mol. The first-order valence-electron chi connectivity index (χ1n) is 3.67. The summed E-state index contributed by atoms with van der Waals surface area (Å²) in [6.07, 6.45) is 0.0856. The summed E-state index contributed by atoms with van der Waals surface area (Å²) in [5.41, 5.74) is -0.543. The van der Waals surface area contributed by atoms with Gasteiger partial charge in [0.2, 0.25) is 0 Å². The van der Waals surface area contributed by atoms with Gasteiger partial charge in [0.1, 0.15) is 5.60 Å². The molecule has 0 aromatic rings. The minimum Gasteiger partial charge on any atom is -0.364 e. The maximum absolute atomic E-state index is 11.3. The minimum atomic E-state index is -0.543. The Balaban J connectivity index is 2.82. The number of carbonyl (C=O) groups is 1. The predicted molar refractivity (Wildman–Crippen MR) is 38.8 cm³/mol. The number of hydrogen-bond acceptors (Lipinski definition) is 2. The number of ketones is 1. The Labute approximate surface area is 61.6 Å². The molecule has 0 spiro atoms. The van der Waals surface area contributed by atoms with Crippen LogP contribution in [0.4, 0.5) is 0 Å². The van der Waals surface area contributed by atoms with Crippen molar-refractivity contribution in [2.75, 3.05) is 0 Å². The Hall–Kier alpha value is -0.370. The van der Waals surface area contributed by atoms with Crippen molar-refractivity contribution >= 4 is 5.78 Å². The van der Waals surface area contributed by atoms with E-state index in [1.165, 1.54) is 0 Å². The smallest absolute Gasteiger partial charge is 0.169 e. The van der Waals surface area contributed by atoms with Crippen molar-refractivity contribution < 1.29 is 9.53 Å². The van der Waals surface area contributed by atoms with Gasteiger partial charge >= 0.3 is 0 Å². The molecule has 1 aliphatic rings. The van der Waals surface area contributed by atoms with Crippen LogP contribution in [0.15, 0.2) is 0 Å². The fraction of sp³-hybridized carbons (Fsp3) is 0.875. The third-order valence-corrected chi connectivity index (χ3v) is 2.19. The number of rotatable bonds is 0. The molecule has 0 N–H and O–H groups in total. The van der Waals surface area contributed by atoms with E-state index in [0.29, 0.717) is 0 Å². The summed E-state index contributed by atoms with van der Waals surface area (Å²) in [7, 11) is 0. The van der Waals surface area contributed by atoms with E-state index < -0.39 is 5.60 Å². The van der Waals surface area contributed by atoms with E-state index in [1.54, 1.807) is 0 Å². The van der Waals surface area contributed by atoms with E-state index in [2.05, 4.69) is 0 Å². The van der Waals surface area contributed by atoms with E-state index in [4.69, 9.17) is 4.74 Å². The Bertz CT molecular complexity index is 161. The van der Waals surface area contributed by atoms with Crippen LogP contribution in [0.25, 0.3) is 0 Å². The monoisotopic (exact) mass is 142 g/mol. The Morgan fingerprint density at radius 1 is 1.40 bits per heavy atom. The van der Waals surface area contributed by atoms with Gasteiger partial charge in [-0.3, -0.25) is 4.79 Å². The summed E-state index contributed by atoms with van der Waals surface area (Å²) in [4.78, 5) is 11.3. The zero-order valence-electron chi connectivity index (χ0n) is 6.97. The van der Waals surface area contributed by atoms with Gasteiger partial charge in [-0.2, -0.15) is 0 Å². The number of hydrogen-bond donors (Lipinski definition) is 0. The van der Waals surface area contributed by atoms with Crippen LogP contribution >= 0.6 is 0 Å². The Morgan fingerprint density at radius 3 is 2.00 bits per heavy atom. The summed E-state index contributed by atoms with van der Waals surface area (Å²) in [6, 6.07) is 0. The normalized spacial score (nSPS) is 38.6. The second kappa shape index (κ2) is 2.06. The van der Waals surface area contributed by atoms with Crippen LogP contribution in [-0.2, 0) is 9.53 Å². The van der Waals surface area contributed by atoms with Crippen LogP contribution in [0, 0.1) is 5.92 Å². The van der Waals surface area contributed by atoms with Gasteiger partial charge in [0.05, 0.1) is 6.10 Å². The first-order valence-corrected chi connectivity index (χ1v) is 3.67. The number of Topliss-reactive ketones (excluding diaryl/α,β-unsaturated/α-hetero) is 1. The molecular weight excluding hydrogens is 128 g/mol. The molecule has 1 saturated heterocycles. The minimum absolute atomic E-state index is 0.0648. The van der Waals surface area contributed by atoms with Crippen LogP contribution < -0.4 is 0 Å². The van der Waals surface area contributed by atoms with Crippen LogP contribution in [0.3, 0.4) is 0 Å². The molecule has 58 valence electrons. The third kappa shape index (κ3) is 0.966. The van der Waals surface area contributed by atoms with Crippen molar-refractivity contribution in [3.05, 3.63) is 0 Å². The van der Waals surface area contributed by atoms with Crippen LogP contribution in [0.1, 0.15) is 27.7 Å². The summed E-state index contributed by atoms with van der Waals surface area (Å²) in [5, 5.41) is 0. The topological polar surface area (TPSA) is 26.3 Å². The molecule has 0 radical (unpaired) electrons. The molecule has 0 saturated carbocycles. The molecule has 0 amide bonds. The zero-order valence-corrected chi connectivity index (χ0v) is 6.97. The van der Waals surface area contributed by atoms with Gasteiger partial charge < -0.3 is 4.74 Å². The Kier molecular flexibility index (Phi) is 1.59. The fourth-order valence-electron chi connectivity index (χ4n) is 1.39. The summed E-state index contributed by atoms with van der Waals surface area (Å²) >= 11 is 0. The molecular formula is C8H14O2. The van der Waals surface area contributed by atoms with Crippen LogP contribution in [-0.4, -0.2) is 17.5 Å². The zero-order chi connectivity index (χ0) is 7.94. The second-order valence-electron chi connectivity index (χ2n) is 3.49. The fourth-order valence-corrected chi connectivity index (χ4v) is 1.39. The number of ether oxygens (including phenoxy) is 1. The van der Waals surface area contributed by atoms with Crippen LogP contribution in [0.2, 0.25) is 0 Å². The standard InChI is InChI=1S/C8H14O2/c1-5-6(2)10-8(3,4)7(5)9/h5-6H,1-4H3. The molecule has 2 heteroatoms. The highest BCUT2D eigenvalue weighted by Gasteiger charge is 2.43. The molecule has 1 heterocycles. The maximum Gasteiger partial charge on any atom is 0.169 e. The molecule has 2 nitrogen and oxygen atoms in total. The van der Waals surface area contributed by atoms with Crippen molar-refractivity contribution in [3.8, 4) is 0 Å². The highest BCUT2D eigenvalue weighted by Crippen LogP contribution is 2.30. The average Bonchev–Trinajstić information content (AvgIpc) is 1.95. The lowest BCUT2D eigenvalue weighted by Gasteiger charge is -2.14. The van der Waals surface area contributed by atoms with Crippen molar-refractivity contribution in [1.29, 1.82) is 0 Å². The van der Waals surface area contributed by atoms with E-state index >= 15 is 0 Å². The molecule has 1 rings (SSSR count). The van der Waals surface area contributed by atoms with Gasteiger partial charge in [0.15, 0.2) is 5.78 Å². The van der Waals surface area contributed by atoms with Gasteiger partial charge in [-0.1, -0.05) is 6.92 Å². The lowest BCUT2D eigenvalue weighted by atomic mass is 9.95. The maximum atomic E-state index is 11.3. The highest BCUT2D eigenvalue weighted by atomic mass is 16.5. The van der Waals surface area contributed by atoms with E-state index in [-0.39, 0.29) is 17.8 Å². The van der Waals surface area contributed by atoms with Gasteiger partial charge in [-0.25, -0.2) is 0 Å². The first kappa shape index (κ1) is 7.73. The molecule has 0 aromatic carbocycles. The van der Waals surface area contributed by atoms with Crippen molar-refractivity contribution in [2.24, 2.45) is 5.92 Å². The molecule has 2 atom stereocenters. The van der Waals surface area contributed by atoms with Gasteiger partial charge in [-0.15, -0.1) is 0 Å². The number of carbonyl (C=O) groups excluding carboxylic acids is 1. The molecule has 1 aliphatic heterocycles. The second-order valence-corrected chi connectivity index (χ2v) is 3.49. The molecule has 0 aliphatic carbocycles. The predicted octanol–water partition coefficient (Wildman–Crippen LogP) is 1.39. The van der Waals surface area contributed by atoms with Crippen LogP contribution in [0.5, 0.6) is 0 Å². The van der Waals surface area contributed by atoms with Crippen molar-refractivity contribution in [1.82, 2.24) is 0 Å². The summed E-state index contributed by atoms with van der Waals surface area (Å²) in [5.74, 6) is 0.287. The first-order chi connectivity index (χ1) is 4.45. The largest absolute Gasteiger partial charge is 0.364 e. The van der Waals surface area contributed by atoms with Crippen molar-refractivity contribution in [2.45, 2.75) is 39.4 Å². The lowest BCUT2D eigenvalue weighted by molar-refractivity contribution is -0.130. The molecule has 2 unspecified atom stereocenters. The van der Waals surface area contributed by atoms with E-state index in [1.807, 2.05) is 27.7 Å². The molecule has 0 bridgehead atoms. The summed E-state index contributed by atoms with van der Waals surface area (Å²) in [6.45, 7) is 7.52.